The summed E-state index contributed by atoms with van der Waals surface area (Å²) in [6.07, 6.45) is -3.78. The van der Waals surface area contributed by atoms with Crippen LogP contribution in [0.5, 0.6) is 0 Å². The van der Waals surface area contributed by atoms with Crippen molar-refractivity contribution < 1.29 is 60.3 Å². The van der Waals surface area contributed by atoms with E-state index in [0.717, 1.165) is 0 Å². The number of benzene rings is 2. The second-order valence-electron chi connectivity index (χ2n) is 13.8. The van der Waals surface area contributed by atoms with Crippen LogP contribution in [0, 0.1) is 5.41 Å². The van der Waals surface area contributed by atoms with Crippen molar-refractivity contribution in [1.82, 2.24) is 25.7 Å². The molecule has 58 heavy (non-hydrogen) atoms. The standard InChI is InChI=1S/C36H41F3N8O10S/c1-35(2,3)29(33(53)44-21-6-4-20(5-7-21)30(40)50)46-32(52)26(16-19-12-14-42-15-13-19)45-28(49)18-43-27(48)11-10-25(34(54)55)47-58(56,57)22-8-9-23(31(41)51)24(17-22)36(37,38)39/h4-9,12-15,17,25-26,29,47H,10-11,16,18H2,1-3H3,(H2,40,50)(H2,41,51)(H,43,48)(H,44,53)(H,45,49)(H,46,52)(H,54,55)/t25-,26-,29+/m0/s1. The number of nitrogens with one attached hydrogen (secondary N) is 5. The van der Waals surface area contributed by atoms with Crippen molar-refractivity contribution in [2.24, 2.45) is 16.9 Å². The lowest BCUT2D eigenvalue weighted by Crippen LogP contribution is -2.57. The number of anilines is 1. The maximum Gasteiger partial charge on any atom is 0.417 e. The van der Waals surface area contributed by atoms with Gasteiger partial charge >= 0.3 is 12.1 Å². The number of aromatic nitrogens is 1. The van der Waals surface area contributed by atoms with Gasteiger partial charge in [0, 0.05) is 36.5 Å². The quantitative estimate of drug-likeness (QED) is 0.0888. The van der Waals surface area contributed by atoms with E-state index in [0.29, 0.717) is 23.4 Å². The van der Waals surface area contributed by atoms with E-state index >= 15 is 0 Å². The number of halogens is 3. The molecule has 3 aromatic rings. The molecule has 10 N–H and O–H groups in total. The maximum atomic E-state index is 13.7. The summed E-state index contributed by atoms with van der Waals surface area (Å²) in [5.74, 6) is -7.16. The number of alkyl halides is 3. The first-order chi connectivity index (χ1) is 26.9. The number of nitrogens with two attached hydrogens (primary N) is 2. The molecule has 22 heteroatoms. The van der Waals surface area contributed by atoms with E-state index in [1.807, 2.05) is 0 Å². The lowest BCUT2D eigenvalue weighted by atomic mass is 9.85. The van der Waals surface area contributed by atoms with Crippen LogP contribution in [0.3, 0.4) is 0 Å². The third kappa shape index (κ3) is 13.4. The number of carboxylic acids is 1. The van der Waals surface area contributed by atoms with Crippen LogP contribution in [0.1, 0.15) is 65.5 Å². The number of primary amides is 2. The highest BCUT2D eigenvalue weighted by atomic mass is 32.2. The highest BCUT2D eigenvalue weighted by Gasteiger charge is 2.38. The van der Waals surface area contributed by atoms with Crippen LogP contribution < -0.4 is 37.5 Å². The van der Waals surface area contributed by atoms with Crippen LogP contribution in [0.25, 0.3) is 0 Å². The number of aliphatic carboxylic acids is 1. The zero-order valence-corrected chi connectivity index (χ0v) is 32.0. The first-order valence-corrected chi connectivity index (χ1v) is 18.6. The van der Waals surface area contributed by atoms with Crippen LogP contribution in [0.4, 0.5) is 18.9 Å². The number of nitrogens with zero attached hydrogens (tertiary/aromatic N) is 1. The summed E-state index contributed by atoms with van der Waals surface area (Å²) in [6, 6.07) is 5.63. The molecule has 3 rings (SSSR count). The van der Waals surface area contributed by atoms with Crippen molar-refractivity contribution in [2.45, 2.75) is 69.2 Å². The van der Waals surface area contributed by atoms with Crippen molar-refractivity contribution >= 4 is 57.1 Å². The molecule has 0 spiro atoms. The molecule has 0 bridgehead atoms. The molecule has 3 atom stereocenters. The van der Waals surface area contributed by atoms with Gasteiger partial charge in [0.25, 0.3) is 0 Å². The average molecular weight is 835 g/mol. The molecule has 0 saturated heterocycles. The lowest BCUT2D eigenvalue weighted by Gasteiger charge is -2.32. The molecule has 1 aromatic heterocycles. The Morgan fingerprint density at radius 2 is 1.43 bits per heavy atom. The molecule has 2 aromatic carbocycles. The van der Waals surface area contributed by atoms with Gasteiger partial charge in [-0.25, -0.2) is 8.42 Å². The molecule has 1 heterocycles. The molecule has 0 saturated carbocycles. The fourth-order valence-corrected chi connectivity index (χ4v) is 6.48. The third-order valence-electron chi connectivity index (χ3n) is 8.27. The molecular weight excluding hydrogens is 794 g/mol. The normalized spacial score (nSPS) is 13.3. The SMILES string of the molecule is CC(C)(C)[C@H](NC(=O)[C@H](Cc1ccncc1)NC(=O)CNC(=O)CC[C@H](NS(=O)(=O)c1ccc(C(N)=O)c(C(F)(F)F)c1)C(=O)O)C(=O)Nc1ccc(C(N)=O)cc1. The molecular formula is C36H41F3N8O10S. The van der Waals surface area contributed by atoms with Gasteiger partial charge in [-0.1, -0.05) is 20.8 Å². The van der Waals surface area contributed by atoms with E-state index in [9.17, 15) is 60.3 Å². The smallest absolute Gasteiger partial charge is 0.417 e. The number of hydrogen-bond donors (Lipinski definition) is 8. The van der Waals surface area contributed by atoms with Crippen LogP contribution in [-0.4, -0.2) is 84.6 Å². The number of carboxylic acid groups (broad SMARTS) is 1. The average Bonchev–Trinajstić information content (AvgIpc) is 3.13. The number of carbonyl (C=O) groups is 7. The summed E-state index contributed by atoms with van der Waals surface area (Å²) in [6.45, 7) is 4.32. The summed E-state index contributed by atoms with van der Waals surface area (Å²) in [7, 11) is -4.96. The summed E-state index contributed by atoms with van der Waals surface area (Å²) in [5.41, 5.74) is 7.74. The maximum absolute atomic E-state index is 13.7. The molecule has 0 aliphatic rings. The second kappa shape index (κ2) is 19.1. The fraction of sp³-hybridized carbons (Fsp3) is 0.333. The van der Waals surface area contributed by atoms with Crippen molar-refractivity contribution in [3.8, 4) is 0 Å². The highest BCUT2D eigenvalue weighted by Crippen LogP contribution is 2.33. The predicted octanol–water partition coefficient (Wildman–Crippen LogP) is 0.823. The fourth-order valence-electron chi connectivity index (χ4n) is 5.23. The Morgan fingerprint density at radius 1 is 0.810 bits per heavy atom. The first kappa shape index (κ1) is 46.0. The number of carbonyl (C=O) groups excluding carboxylic acids is 6. The van der Waals surface area contributed by atoms with E-state index in [1.54, 1.807) is 37.6 Å². The second-order valence-corrected chi connectivity index (χ2v) is 15.5. The molecule has 0 aliphatic heterocycles. The van der Waals surface area contributed by atoms with Crippen LogP contribution >= 0.6 is 0 Å². The van der Waals surface area contributed by atoms with Crippen LogP contribution in [-0.2, 0) is 46.6 Å². The summed E-state index contributed by atoms with van der Waals surface area (Å²) >= 11 is 0. The summed E-state index contributed by atoms with van der Waals surface area (Å²) in [4.78, 5) is 90.3. The monoisotopic (exact) mass is 834 g/mol. The Balaban J connectivity index is 1.68. The number of hydrogen-bond acceptors (Lipinski definition) is 10. The topological polar surface area (TPSA) is 299 Å². The Hall–Kier alpha value is -6.42. The number of sulfonamides is 1. The van der Waals surface area contributed by atoms with Gasteiger partial charge < -0.3 is 37.8 Å². The van der Waals surface area contributed by atoms with Crippen LogP contribution in [0.2, 0.25) is 0 Å². The third-order valence-corrected chi connectivity index (χ3v) is 9.74. The molecule has 18 nitrogen and oxygen atoms in total. The van der Waals surface area contributed by atoms with E-state index in [-0.39, 0.29) is 18.1 Å². The van der Waals surface area contributed by atoms with Crippen molar-refractivity contribution in [3.63, 3.8) is 0 Å². The molecule has 312 valence electrons. The zero-order valence-electron chi connectivity index (χ0n) is 31.2. The summed E-state index contributed by atoms with van der Waals surface area (Å²) < 4.78 is 67.9. The molecule has 0 radical (unpaired) electrons. The van der Waals surface area contributed by atoms with E-state index in [2.05, 4.69) is 26.3 Å². The highest BCUT2D eigenvalue weighted by molar-refractivity contribution is 7.89. The Bertz CT molecular complexity index is 2150. The van der Waals surface area contributed by atoms with Gasteiger partial charge in [-0.05, 0) is 72.0 Å². The molecule has 0 unspecified atom stereocenters. The van der Waals surface area contributed by atoms with Gasteiger partial charge in [-0.2, -0.15) is 17.9 Å². The summed E-state index contributed by atoms with van der Waals surface area (Å²) in [5, 5.41) is 19.6. The van der Waals surface area contributed by atoms with Gasteiger partial charge in [-0.15, -0.1) is 0 Å². The van der Waals surface area contributed by atoms with Gasteiger partial charge in [0.1, 0.15) is 18.1 Å². The molecule has 0 aliphatic carbocycles. The van der Waals surface area contributed by atoms with Gasteiger partial charge in [-0.3, -0.25) is 38.5 Å². The number of rotatable bonds is 18. The minimum Gasteiger partial charge on any atom is -0.480 e. The molecule has 0 fully saturated rings. The number of amides is 6. The van der Waals surface area contributed by atoms with E-state index < -0.39 is 117 Å². The number of pyridine rings is 1. The minimum atomic E-state index is -5.19. The minimum absolute atomic E-state index is 0.0861. The van der Waals surface area contributed by atoms with Gasteiger partial charge in [0.15, 0.2) is 0 Å². The van der Waals surface area contributed by atoms with Crippen molar-refractivity contribution in [3.05, 3.63) is 89.2 Å². The Morgan fingerprint density at radius 3 is 1.97 bits per heavy atom. The van der Waals surface area contributed by atoms with Crippen molar-refractivity contribution in [2.75, 3.05) is 11.9 Å². The molecule has 6 amide bonds. The predicted molar refractivity (Wildman–Crippen MR) is 199 cm³/mol. The first-order valence-electron chi connectivity index (χ1n) is 17.1. The van der Waals surface area contributed by atoms with Gasteiger partial charge in [0.2, 0.25) is 45.5 Å². The van der Waals surface area contributed by atoms with Gasteiger partial charge in [0.05, 0.1) is 22.6 Å². The zero-order chi connectivity index (χ0) is 43.6. The van der Waals surface area contributed by atoms with Crippen LogP contribution in [0.15, 0.2) is 71.9 Å². The Labute approximate surface area is 329 Å². The Kier molecular flexibility index (Phi) is 15.2. The van der Waals surface area contributed by atoms with E-state index in [1.165, 1.54) is 36.7 Å². The van der Waals surface area contributed by atoms with E-state index in [4.69, 9.17) is 11.5 Å². The van der Waals surface area contributed by atoms with Crippen molar-refractivity contribution in [1.29, 1.82) is 0 Å². The largest absolute Gasteiger partial charge is 0.480 e. The lowest BCUT2D eigenvalue weighted by molar-refractivity contribution is -0.139.